The van der Waals surface area contributed by atoms with Crippen LogP contribution in [-0.2, 0) is 12.8 Å². The number of halogens is 1. The number of hydrogen-bond donors (Lipinski definition) is 0. The van der Waals surface area contributed by atoms with E-state index in [-0.39, 0.29) is 5.82 Å². The maximum absolute atomic E-state index is 14.7. The minimum Gasteiger partial charge on any atom is -0.206 e. The van der Waals surface area contributed by atoms with E-state index in [9.17, 15) is 4.39 Å². The molecule has 0 radical (unpaired) electrons. The van der Waals surface area contributed by atoms with E-state index in [2.05, 4.69) is 49.6 Å². The summed E-state index contributed by atoms with van der Waals surface area (Å²) in [7, 11) is 0. The lowest BCUT2D eigenvalue weighted by Crippen LogP contribution is -1.89. The second-order valence-electron chi connectivity index (χ2n) is 6.74. The van der Waals surface area contributed by atoms with Crippen molar-refractivity contribution in [1.29, 1.82) is 0 Å². The lowest BCUT2D eigenvalue weighted by molar-refractivity contribution is 0.632. The average Bonchev–Trinajstić information content (AvgIpc) is 2.71. The Kier molecular flexibility index (Phi) is 6.38. The minimum absolute atomic E-state index is 0.193. The normalized spacial score (nSPS) is 10.6. The number of allylic oxidation sites excluding steroid dienone is 2. The molecule has 0 aliphatic carbocycles. The van der Waals surface area contributed by atoms with Gasteiger partial charge in [0.1, 0.15) is 5.82 Å². The molecular weight excluding hydrogens is 331 g/mol. The molecule has 0 aliphatic rings. The molecule has 0 fully saturated rings. The predicted molar refractivity (Wildman–Crippen MR) is 114 cm³/mol. The SMILES string of the molecule is C=CCCc1ccc(-c2ccc(-c3ccc(CCC=C)cc3)c(F)c2)cc1. The molecule has 0 heterocycles. The molecule has 0 aliphatic heterocycles. The van der Waals surface area contributed by atoms with Crippen LogP contribution in [0.15, 0.2) is 92.0 Å². The third-order valence-electron chi connectivity index (χ3n) is 4.80. The number of rotatable bonds is 8. The first kappa shape index (κ1) is 18.8. The van der Waals surface area contributed by atoms with Gasteiger partial charge < -0.3 is 0 Å². The Balaban J connectivity index is 1.79. The maximum atomic E-state index is 14.7. The summed E-state index contributed by atoms with van der Waals surface area (Å²) in [4.78, 5) is 0. The zero-order chi connectivity index (χ0) is 19.1. The number of hydrogen-bond acceptors (Lipinski definition) is 0. The predicted octanol–water partition coefficient (Wildman–Crippen LogP) is 7.40. The smallest absolute Gasteiger partial charge is 0.131 e. The molecule has 0 bridgehead atoms. The summed E-state index contributed by atoms with van der Waals surface area (Å²) in [5.41, 5.74) is 5.98. The van der Waals surface area contributed by atoms with E-state index in [1.807, 2.05) is 36.4 Å². The molecule has 136 valence electrons. The molecule has 1 heteroatoms. The molecule has 0 nitrogen and oxygen atoms in total. The average molecular weight is 356 g/mol. The molecule has 0 saturated carbocycles. The van der Waals surface area contributed by atoms with Gasteiger partial charge in [-0.3, -0.25) is 0 Å². The van der Waals surface area contributed by atoms with E-state index < -0.39 is 0 Å². The van der Waals surface area contributed by atoms with Crippen molar-refractivity contribution in [3.05, 3.63) is 109 Å². The van der Waals surface area contributed by atoms with Crippen LogP contribution in [0.3, 0.4) is 0 Å². The Morgan fingerprint density at radius 2 is 1.11 bits per heavy atom. The Hall–Kier alpha value is -2.93. The molecule has 3 aromatic carbocycles. The van der Waals surface area contributed by atoms with Crippen molar-refractivity contribution in [2.45, 2.75) is 25.7 Å². The molecule has 0 unspecified atom stereocenters. The summed E-state index contributed by atoms with van der Waals surface area (Å²) >= 11 is 0. The molecule has 0 atom stereocenters. The Morgan fingerprint density at radius 1 is 0.630 bits per heavy atom. The van der Waals surface area contributed by atoms with Crippen molar-refractivity contribution in [3.8, 4) is 22.3 Å². The van der Waals surface area contributed by atoms with Gasteiger partial charge in [0.15, 0.2) is 0 Å². The third kappa shape index (κ3) is 4.83. The van der Waals surface area contributed by atoms with Gasteiger partial charge in [-0.2, -0.15) is 0 Å². The highest BCUT2D eigenvalue weighted by atomic mass is 19.1. The zero-order valence-corrected chi connectivity index (χ0v) is 15.6. The van der Waals surface area contributed by atoms with Gasteiger partial charge >= 0.3 is 0 Å². The van der Waals surface area contributed by atoms with Gasteiger partial charge in [-0.15, -0.1) is 13.2 Å². The highest BCUT2D eigenvalue weighted by Gasteiger charge is 2.08. The van der Waals surface area contributed by atoms with Crippen LogP contribution >= 0.6 is 0 Å². The van der Waals surface area contributed by atoms with Crippen LogP contribution in [-0.4, -0.2) is 0 Å². The van der Waals surface area contributed by atoms with Crippen LogP contribution in [0.2, 0.25) is 0 Å². The van der Waals surface area contributed by atoms with Gasteiger partial charge in [0.2, 0.25) is 0 Å². The topological polar surface area (TPSA) is 0 Å². The van der Waals surface area contributed by atoms with Crippen molar-refractivity contribution in [1.82, 2.24) is 0 Å². The summed E-state index contributed by atoms with van der Waals surface area (Å²) in [5.74, 6) is -0.193. The lowest BCUT2D eigenvalue weighted by Gasteiger charge is -2.09. The zero-order valence-electron chi connectivity index (χ0n) is 15.6. The van der Waals surface area contributed by atoms with Crippen molar-refractivity contribution >= 4 is 0 Å². The molecular formula is C26H25F. The summed E-state index contributed by atoms with van der Waals surface area (Å²) < 4.78 is 14.7. The number of benzene rings is 3. The Labute approximate surface area is 161 Å². The van der Waals surface area contributed by atoms with Gasteiger partial charge in [0, 0.05) is 5.56 Å². The molecule has 0 spiro atoms. The van der Waals surface area contributed by atoms with Crippen LogP contribution < -0.4 is 0 Å². The van der Waals surface area contributed by atoms with Crippen molar-refractivity contribution in [2.75, 3.05) is 0 Å². The fourth-order valence-electron chi connectivity index (χ4n) is 3.18. The fraction of sp³-hybridized carbons (Fsp3) is 0.154. The number of aryl methyl sites for hydroxylation is 2. The van der Waals surface area contributed by atoms with Gasteiger partial charge in [-0.05, 0) is 59.6 Å². The van der Waals surface area contributed by atoms with Gasteiger partial charge in [0.25, 0.3) is 0 Å². The van der Waals surface area contributed by atoms with Gasteiger partial charge in [-0.1, -0.05) is 72.8 Å². The quantitative estimate of drug-likeness (QED) is 0.369. The first-order chi connectivity index (χ1) is 13.2. The van der Waals surface area contributed by atoms with Crippen LogP contribution in [0.1, 0.15) is 24.0 Å². The molecule has 0 aromatic heterocycles. The summed E-state index contributed by atoms with van der Waals surface area (Å²) in [6, 6.07) is 21.9. The van der Waals surface area contributed by atoms with E-state index in [0.717, 1.165) is 42.4 Å². The Morgan fingerprint density at radius 3 is 1.59 bits per heavy atom. The first-order valence-electron chi connectivity index (χ1n) is 9.41. The molecule has 0 amide bonds. The van der Waals surface area contributed by atoms with Crippen LogP contribution in [0.4, 0.5) is 4.39 Å². The molecule has 0 N–H and O–H groups in total. The van der Waals surface area contributed by atoms with Crippen LogP contribution in [0, 0.1) is 5.82 Å². The van der Waals surface area contributed by atoms with Crippen molar-refractivity contribution < 1.29 is 4.39 Å². The van der Waals surface area contributed by atoms with E-state index in [0.29, 0.717) is 5.56 Å². The molecule has 3 rings (SSSR count). The maximum Gasteiger partial charge on any atom is 0.131 e. The van der Waals surface area contributed by atoms with E-state index in [4.69, 9.17) is 0 Å². The summed E-state index contributed by atoms with van der Waals surface area (Å²) in [6.07, 6.45) is 7.71. The monoisotopic (exact) mass is 356 g/mol. The second-order valence-corrected chi connectivity index (χ2v) is 6.74. The highest BCUT2D eigenvalue weighted by Crippen LogP contribution is 2.28. The van der Waals surface area contributed by atoms with Crippen LogP contribution in [0.5, 0.6) is 0 Å². The van der Waals surface area contributed by atoms with Gasteiger partial charge in [-0.25, -0.2) is 4.39 Å². The fourth-order valence-corrected chi connectivity index (χ4v) is 3.18. The molecule has 27 heavy (non-hydrogen) atoms. The molecule has 0 saturated heterocycles. The third-order valence-corrected chi connectivity index (χ3v) is 4.80. The summed E-state index contributed by atoms with van der Waals surface area (Å²) in [6.45, 7) is 7.51. The lowest BCUT2D eigenvalue weighted by atomic mass is 9.97. The van der Waals surface area contributed by atoms with Gasteiger partial charge in [0.05, 0.1) is 0 Å². The Bertz CT molecular complexity index is 902. The minimum atomic E-state index is -0.193. The van der Waals surface area contributed by atoms with E-state index in [1.54, 1.807) is 6.07 Å². The van der Waals surface area contributed by atoms with E-state index >= 15 is 0 Å². The largest absolute Gasteiger partial charge is 0.206 e. The second kappa shape index (κ2) is 9.14. The first-order valence-corrected chi connectivity index (χ1v) is 9.41. The highest BCUT2D eigenvalue weighted by molar-refractivity contribution is 5.71. The molecule has 3 aromatic rings. The van der Waals surface area contributed by atoms with Crippen LogP contribution in [0.25, 0.3) is 22.3 Å². The summed E-state index contributed by atoms with van der Waals surface area (Å²) in [5, 5.41) is 0. The van der Waals surface area contributed by atoms with Crippen molar-refractivity contribution in [3.63, 3.8) is 0 Å². The standard InChI is InChI=1S/C26H25F/c1-3-5-7-20-9-13-22(14-10-20)24-17-18-25(26(27)19-24)23-15-11-21(12-16-23)8-6-4-2/h3-4,9-19H,1-2,5-8H2. The van der Waals surface area contributed by atoms with E-state index in [1.165, 1.54) is 11.1 Å². The van der Waals surface area contributed by atoms with Crippen molar-refractivity contribution in [2.24, 2.45) is 0 Å².